The van der Waals surface area contributed by atoms with Crippen molar-refractivity contribution in [3.63, 3.8) is 0 Å². The topological polar surface area (TPSA) is 200 Å². The summed E-state index contributed by atoms with van der Waals surface area (Å²) in [4.78, 5) is 62.4. The number of allylic oxidation sites excluding steroid dienone is 2. The molecule has 12 rings (SSSR count). The number of piperazine rings is 1. The van der Waals surface area contributed by atoms with Crippen molar-refractivity contribution in [3.8, 4) is 0 Å². The number of anilines is 3. The van der Waals surface area contributed by atoms with E-state index in [0.717, 1.165) is 99.2 Å². The summed E-state index contributed by atoms with van der Waals surface area (Å²) in [7, 11) is -4.15. The number of benzene rings is 4. The highest BCUT2D eigenvalue weighted by Gasteiger charge is 2.67. The lowest BCUT2D eigenvalue weighted by molar-refractivity contribution is -0.167. The van der Waals surface area contributed by atoms with Crippen LogP contribution in [0.25, 0.3) is 0 Å². The van der Waals surface area contributed by atoms with Gasteiger partial charge in [-0.3, -0.25) is 29.0 Å². The van der Waals surface area contributed by atoms with Crippen LogP contribution in [0.5, 0.6) is 0 Å². The Morgan fingerprint density at radius 1 is 0.767 bits per heavy atom. The summed E-state index contributed by atoms with van der Waals surface area (Å²) >= 11 is 1.79. The van der Waals surface area contributed by atoms with Crippen LogP contribution in [-0.4, -0.2) is 176 Å². The van der Waals surface area contributed by atoms with Crippen LogP contribution < -0.4 is 25.6 Å². The monoisotopic (exact) mass is 1270 g/mol. The molecular weight excluding hydrogens is 1180 g/mol. The number of carbonyl (C=O) groups excluding carboxylic acids is 4. The number of likely N-dealkylation sites (tertiary alicyclic amines) is 1. The second-order valence-electron chi connectivity index (χ2n) is 27.1. The zero-order valence-electron chi connectivity index (χ0n) is 53.1. The number of fused-ring (bicyclic) bond motifs is 1. The maximum absolute atomic E-state index is 13.7. The van der Waals surface area contributed by atoms with E-state index >= 15 is 0 Å². The Morgan fingerprint density at radius 2 is 1.47 bits per heavy atom. The Kier molecular flexibility index (Phi) is 20.9. The molecule has 3 saturated carbocycles. The van der Waals surface area contributed by atoms with Crippen LogP contribution in [0.4, 0.5) is 17.1 Å². The molecule has 2 bridgehead atoms. The number of sulfonamides is 1. The minimum atomic E-state index is -4.15. The molecule has 4 aromatic carbocycles. The smallest absolute Gasteiger partial charge is 0.264 e. The first-order valence-electron chi connectivity index (χ1n) is 32.5. The number of nitrogens with one attached hydrogen (secondary N) is 4. The Balaban J connectivity index is 0.558. The maximum Gasteiger partial charge on any atom is 0.264 e. The molecule has 4 aliphatic carbocycles. The number of hydrogen-bond acceptors (Lipinski definition) is 16. The van der Waals surface area contributed by atoms with E-state index in [2.05, 4.69) is 74.9 Å². The largest absolute Gasteiger partial charge is 0.382 e. The first-order valence-corrected chi connectivity index (χ1v) is 35.0. The fourth-order valence-electron chi connectivity index (χ4n) is 14.7. The van der Waals surface area contributed by atoms with Crippen LogP contribution in [0.2, 0.25) is 0 Å². The average molecular weight is 1270 g/mol. The van der Waals surface area contributed by atoms with Crippen molar-refractivity contribution in [2.24, 2.45) is 16.2 Å². The Hall–Kier alpha value is -6.10. The van der Waals surface area contributed by atoms with Gasteiger partial charge in [0.15, 0.2) is 0 Å². The SMILES string of the molecule is C=C1CCC(N2C(=O)c3cccc(NCCOCCOCCOCCOC4CCN(CC[C@H](CSc5ccccc5)Nc5ccc(S(=O)(=O)NC(=O)c6ccc(N7CCN(CC8=C(C9%10CC(C)(C9)C%10)CC(C)(C)CC8)CC7)cc6)cc5C)CC4)c3C2=O)C(=O)N1. The summed E-state index contributed by atoms with van der Waals surface area (Å²) < 4.78 is 53.2. The lowest BCUT2D eigenvalue weighted by Crippen LogP contribution is -2.61. The van der Waals surface area contributed by atoms with E-state index in [4.69, 9.17) is 18.9 Å². The van der Waals surface area contributed by atoms with Gasteiger partial charge in [-0.25, -0.2) is 13.1 Å². The summed E-state index contributed by atoms with van der Waals surface area (Å²) in [5.74, 6) is -1.19. The number of amides is 4. The lowest BCUT2D eigenvalue weighted by Gasteiger charge is -2.72. The van der Waals surface area contributed by atoms with Crippen LogP contribution >= 0.6 is 11.8 Å². The predicted molar refractivity (Wildman–Crippen MR) is 353 cm³/mol. The van der Waals surface area contributed by atoms with Gasteiger partial charge >= 0.3 is 0 Å². The molecule has 8 aliphatic rings. The van der Waals surface area contributed by atoms with Gasteiger partial charge in [0.2, 0.25) is 5.91 Å². The first kappa shape index (κ1) is 65.4. The molecule has 4 amide bonds. The van der Waals surface area contributed by atoms with Crippen molar-refractivity contribution in [1.29, 1.82) is 0 Å². The highest BCUT2D eigenvalue weighted by atomic mass is 32.2. The van der Waals surface area contributed by atoms with Crippen LogP contribution in [0.3, 0.4) is 0 Å². The number of carbonyl (C=O) groups is 4. The van der Waals surface area contributed by atoms with Gasteiger partial charge in [-0.1, -0.05) is 62.8 Å². The number of piperidine rings is 2. The van der Waals surface area contributed by atoms with Gasteiger partial charge in [0.1, 0.15) is 6.04 Å². The lowest BCUT2D eigenvalue weighted by atomic mass is 9.33. The van der Waals surface area contributed by atoms with Crippen molar-refractivity contribution in [3.05, 3.63) is 137 Å². The van der Waals surface area contributed by atoms with E-state index < -0.39 is 39.7 Å². The van der Waals surface area contributed by atoms with E-state index in [-0.39, 0.29) is 28.2 Å². The highest BCUT2D eigenvalue weighted by Crippen LogP contribution is 2.77. The summed E-state index contributed by atoms with van der Waals surface area (Å²) in [5, 5.41) is 9.62. The number of rotatable bonds is 30. The number of nitrogens with zero attached hydrogens (tertiary/aromatic N) is 4. The minimum Gasteiger partial charge on any atom is -0.382 e. The van der Waals surface area contributed by atoms with Gasteiger partial charge in [-0.2, -0.15) is 0 Å². The van der Waals surface area contributed by atoms with Gasteiger partial charge in [-0.05, 0) is 166 Å². The van der Waals surface area contributed by atoms with E-state index in [9.17, 15) is 27.6 Å². The summed E-state index contributed by atoms with van der Waals surface area (Å²) in [5.41, 5.74) is 9.65. The third-order valence-electron chi connectivity index (χ3n) is 19.5. The van der Waals surface area contributed by atoms with Gasteiger partial charge in [0, 0.05) is 104 Å². The number of aryl methyl sites for hydroxylation is 1. The zero-order chi connectivity index (χ0) is 63.0. The van der Waals surface area contributed by atoms with Crippen LogP contribution in [0.15, 0.2) is 124 Å². The quantitative estimate of drug-likeness (QED) is 0.0166. The van der Waals surface area contributed by atoms with Crippen LogP contribution in [0.1, 0.15) is 128 Å². The zero-order valence-corrected chi connectivity index (χ0v) is 54.7. The summed E-state index contributed by atoms with van der Waals surface area (Å²) in [6.45, 7) is 24.1. The Labute approximate surface area is 536 Å². The molecule has 1 unspecified atom stereocenters. The second kappa shape index (κ2) is 28.8. The first-order chi connectivity index (χ1) is 43.3. The molecule has 4 heterocycles. The molecule has 6 fully saturated rings. The van der Waals surface area contributed by atoms with E-state index in [0.29, 0.717) is 98.8 Å². The average Bonchev–Trinajstić information content (AvgIpc) is 0.796. The van der Waals surface area contributed by atoms with Crippen LogP contribution in [0, 0.1) is 23.2 Å². The number of ether oxygens (including phenoxy) is 4. The highest BCUT2D eigenvalue weighted by molar-refractivity contribution is 7.99. The molecule has 4 aliphatic heterocycles. The minimum absolute atomic E-state index is 0.0402. The second-order valence-corrected chi connectivity index (χ2v) is 29.8. The number of hydrogen-bond donors (Lipinski definition) is 4. The molecule has 2 atom stereocenters. The summed E-state index contributed by atoms with van der Waals surface area (Å²) in [6, 6.07) is 27.0. The van der Waals surface area contributed by atoms with E-state index in [1.165, 1.54) is 43.4 Å². The van der Waals surface area contributed by atoms with Crippen LogP contribution in [-0.2, 0) is 33.8 Å². The fourth-order valence-corrected chi connectivity index (χ4v) is 16.8. The van der Waals surface area contributed by atoms with Crippen molar-refractivity contribution in [2.45, 2.75) is 126 Å². The molecule has 484 valence electrons. The van der Waals surface area contributed by atoms with Crippen molar-refractivity contribution in [1.82, 2.24) is 24.7 Å². The van der Waals surface area contributed by atoms with E-state index in [1.54, 1.807) is 59.8 Å². The summed E-state index contributed by atoms with van der Waals surface area (Å²) in [6.07, 6.45) is 11.7. The Bertz CT molecular complexity index is 3360. The number of thioether (sulfide) groups is 1. The molecule has 20 heteroatoms. The molecule has 0 aromatic heterocycles. The molecule has 90 heavy (non-hydrogen) atoms. The molecule has 0 radical (unpaired) electrons. The standard InChI is InChI=1S/C70H92N8O10S2/c1-49-42-57(90(83,84)74-64(79)51-15-17-54(18-16-51)77-33-31-76(32-34-77)44-52-22-26-68(3,4)43-59(52)70-46-69(5,47-70)48-70)19-20-60(49)73-53(45-89-56-10-7-6-8-11-56)23-28-75-29-24-55(25-30-75)88-41-40-87-39-38-86-37-36-85-35-27-71-61-13-9-12-58-63(61)67(82)78(66(58)81)62-21-14-50(2)72-65(62)80/h6-13,15-20,42,53,55,62,71,73H,2,14,21-41,43-48H2,1,3-5H3,(H,72,80)(H,74,79)/t53-,62?,69?,70?/m1/s1. The number of imide groups is 1. The van der Waals surface area contributed by atoms with Crippen molar-refractivity contribution in [2.75, 3.05) is 126 Å². The van der Waals surface area contributed by atoms with Gasteiger partial charge in [-0.15, -0.1) is 11.8 Å². The van der Waals surface area contributed by atoms with Gasteiger partial charge < -0.3 is 44.7 Å². The van der Waals surface area contributed by atoms with E-state index in [1.807, 2.05) is 48.9 Å². The Morgan fingerprint density at radius 3 is 2.16 bits per heavy atom. The molecule has 4 aromatic rings. The third kappa shape index (κ3) is 15.8. The molecule has 4 N–H and O–H groups in total. The molecular formula is C70H92N8O10S2. The maximum atomic E-state index is 13.7. The third-order valence-corrected chi connectivity index (χ3v) is 22.0. The van der Waals surface area contributed by atoms with Crippen molar-refractivity contribution < 1.29 is 46.5 Å². The molecule has 0 spiro atoms. The van der Waals surface area contributed by atoms with Crippen molar-refractivity contribution >= 4 is 62.5 Å². The van der Waals surface area contributed by atoms with Gasteiger partial charge in [0.25, 0.3) is 27.7 Å². The predicted octanol–water partition coefficient (Wildman–Crippen LogP) is 9.93. The van der Waals surface area contributed by atoms with Gasteiger partial charge in [0.05, 0.1) is 68.4 Å². The fraction of sp³-hybridized carbons (Fsp3) is 0.543. The molecule has 18 nitrogen and oxygen atoms in total. The normalized spacial score (nSPS) is 23.3. The molecule has 3 saturated heterocycles.